The SMILES string of the molecule is N#Cc1ccc(C(=O)N(CCO)CC2CCCN2)nc1. The average molecular weight is 274 g/mol. The molecule has 1 unspecified atom stereocenters. The molecule has 20 heavy (non-hydrogen) atoms. The van der Waals surface area contributed by atoms with Gasteiger partial charge in [0.25, 0.3) is 5.91 Å². The molecule has 1 atom stereocenters. The second-order valence-electron chi connectivity index (χ2n) is 4.81. The summed E-state index contributed by atoms with van der Waals surface area (Å²) in [5.74, 6) is -0.211. The molecule has 0 aliphatic carbocycles. The Labute approximate surface area is 118 Å². The summed E-state index contributed by atoms with van der Waals surface area (Å²) in [7, 11) is 0. The molecule has 0 radical (unpaired) electrons. The van der Waals surface area contributed by atoms with Gasteiger partial charge in [-0.05, 0) is 31.5 Å². The molecule has 6 nitrogen and oxygen atoms in total. The smallest absolute Gasteiger partial charge is 0.272 e. The van der Waals surface area contributed by atoms with Gasteiger partial charge in [0, 0.05) is 25.3 Å². The fraction of sp³-hybridized carbons (Fsp3) is 0.500. The van der Waals surface area contributed by atoms with Crippen molar-refractivity contribution < 1.29 is 9.90 Å². The molecular formula is C14H18N4O2. The molecule has 0 aromatic carbocycles. The first-order chi connectivity index (χ1) is 9.74. The third-order valence-electron chi connectivity index (χ3n) is 3.37. The van der Waals surface area contributed by atoms with E-state index in [0.717, 1.165) is 19.4 Å². The second kappa shape index (κ2) is 6.98. The molecule has 1 aromatic heterocycles. The summed E-state index contributed by atoms with van der Waals surface area (Å²) in [5, 5.41) is 21.2. The molecule has 1 amide bonds. The maximum absolute atomic E-state index is 12.4. The predicted octanol–water partition coefficient (Wildman–Crippen LogP) is 0.140. The third-order valence-corrected chi connectivity index (χ3v) is 3.37. The van der Waals surface area contributed by atoms with Crippen LogP contribution in [0, 0.1) is 11.3 Å². The number of nitrogens with one attached hydrogen (secondary N) is 1. The van der Waals surface area contributed by atoms with Crippen LogP contribution in [0.25, 0.3) is 0 Å². The Hall–Kier alpha value is -1.97. The Morgan fingerprint density at radius 2 is 2.45 bits per heavy atom. The molecule has 2 heterocycles. The number of carbonyl (C=O) groups excluding carboxylic acids is 1. The minimum absolute atomic E-state index is 0.0747. The van der Waals surface area contributed by atoms with Crippen molar-refractivity contribution in [3.05, 3.63) is 29.6 Å². The number of aliphatic hydroxyl groups is 1. The van der Waals surface area contributed by atoms with Crippen LogP contribution in [0.2, 0.25) is 0 Å². The largest absolute Gasteiger partial charge is 0.395 e. The normalized spacial score (nSPS) is 17.7. The molecule has 2 rings (SSSR count). The highest BCUT2D eigenvalue weighted by Gasteiger charge is 2.22. The van der Waals surface area contributed by atoms with Gasteiger partial charge in [-0.3, -0.25) is 4.79 Å². The molecule has 0 bridgehead atoms. The summed E-state index contributed by atoms with van der Waals surface area (Å²) in [6.07, 6.45) is 3.54. The monoisotopic (exact) mass is 274 g/mol. The molecule has 0 spiro atoms. The minimum atomic E-state index is -0.211. The quantitative estimate of drug-likeness (QED) is 0.797. The Morgan fingerprint density at radius 1 is 1.60 bits per heavy atom. The van der Waals surface area contributed by atoms with Crippen LogP contribution in [0.15, 0.2) is 18.3 Å². The van der Waals surface area contributed by atoms with E-state index in [2.05, 4.69) is 10.3 Å². The van der Waals surface area contributed by atoms with Crippen molar-refractivity contribution in [2.24, 2.45) is 0 Å². The molecule has 6 heteroatoms. The van der Waals surface area contributed by atoms with Gasteiger partial charge in [0.15, 0.2) is 0 Å². The van der Waals surface area contributed by atoms with Crippen molar-refractivity contribution in [3.8, 4) is 6.07 Å². The zero-order valence-electron chi connectivity index (χ0n) is 11.2. The van der Waals surface area contributed by atoms with Gasteiger partial charge >= 0.3 is 0 Å². The summed E-state index contributed by atoms with van der Waals surface area (Å²) in [5.41, 5.74) is 0.725. The van der Waals surface area contributed by atoms with E-state index in [-0.39, 0.29) is 18.6 Å². The number of pyridine rings is 1. The number of amides is 1. The van der Waals surface area contributed by atoms with Crippen LogP contribution in [-0.4, -0.2) is 53.2 Å². The lowest BCUT2D eigenvalue weighted by atomic mass is 10.2. The van der Waals surface area contributed by atoms with E-state index in [1.165, 1.54) is 6.20 Å². The zero-order chi connectivity index (χ0) is 14.4. The number of rotatable bonds is 5. The van der Waals surface area contributed by atoms with Crippen molar-refractivity contribution in [2.45, 2.75) is 18.9 Å². The standard InChI is InChI=1S/C14H18N4O2/c15-8-11-3-4-13(17-9-11)14(20)18(6-7-19)10-12-2-1-5-16-12/h3-4,9,12,16,19H,1-2,5-7,10H2. The van der Waals surface area contributed by atoms with E-state index in [1.54, 1.807) is 17.0 Å². The van der Waals surface area contributed by atoms with E-state index < -0.39 is 0 Å². The van der Waals surface area contributed by atoms with Crippen molar-refractivity contribution in [2.75, 3.05) is 26.2 Å². The Balaban J connectivity index is 2.06. The first kappa shape index (κ1) is 14.4. The van der Waals surface area contributed by atoms with E-state index in [0.29, 0.717) is 24.3 Å². The summed E-state index contributed by atoms with van der Waals surface area (Å²) in [4.78, 5) is 18.0. The van der Waals surface area contributed by atoms with E-state index in [4.69, 9.17) is 10.4 Å². The first-order valence-electron chi connectivity index (χ1n) is 6.74. The van der Waals surface area contributed by atoms with Gasteiger partial charge in [0.2, 0.25) is 0 Å². The van der Waals surface area contributed by atoms with E-state index in [1.807, 2.05) is 6.07 Å². The highest BCUT2D eigenvalue weighted by atomic mass is 16.3. The maximum Gasteiger partial charge on any atom is 0.272 e. The third kappa shape index (κ3) is 3.53. The van der Waals surface area contributed by atoms with Gasteiger partial charge in [-0.15, -0.1) is 0 Å². The van der Waals surface area contributed by atoms with Gasteiger partial charge < -0.3 is 15.3 Å². The number of carbonyl (C=O) groups is 1. The molecule has 1 aliphatic heterocycles. The van der Waals surface area contributed by atoms with Crippen LogP contribution < -0.4 is 5.32 Å². The lowest BCUT2D eigenvalue weighted by Gasteiger charge is -2.24. The van der Waals surface area contributed by atoms with Gasteiger partial charge in [0.1, 0.15) is 11.8 Å². The number of aromatic nitrogens is 1. The van der Waals surface area contributed by atoms with Crippen molar-refractivity contribution in [1.82, 2.24) is 15.2 Å². The number of hydrogen-bond acceptors (Lipinski definition) is 5. The van der Waals surface area contributed by atoms with Crippen molar-refractivity contribution in [3.63, 3.8) is 0 Å². The summed E-state index contributed by atoms with van der Waals surface area (Å²) < 4.78 is 0. The Bertz CT molecular complexity index is 489. The van der Waals surface area contributed by atoms with Crippen LogP contribution in [0.3, 0.4) is 0 Å². The van der Waals surface area contributed by atoms with E-state index in [9.17, 15) is 4.79 Å². The number of hydrogen-bond donors (Lipinski definition) is 2. The minimum Gasteiger partial charge on any atom is -0.395 e. The van der Waals surface area contributed by atoms with Crippen LogP contribution in [0.5, 0.6) is 0 Å². The van der Waals surface area contributed by atoms with Crippen molar-refractivity contribution >= 4 is 5.91 Å². The molecule has 1 fully saturated rings. The zero-order valence-corrected chi connectivity index (χ0v) is 11.2. The molecule has 0 saturated carbocycles. The number of aliphatic hydroxyl groups excluding tert-OH is 1. The van der Waals surface area contributed by atoms with Gasteiger partial charge in [-0.25, -0.2) is 4.98 Å². The van der Waals surface area contributed by atoms with Gasteiger partial charge in [-0.2, -0.15) is 5.26 Å². The molecule has 2 N–H and O–H groups in total. The predicted molar refractivity (Wildman–Crippen MR) is 73.0 cm³/mol. The van der Waals surface area contributed by atoms with Crippen molar-refractivity contribution in [1.29, 1.82) is 5.26 Å². The fourth-order valence-electron chi connectivity index (χ4n) is 2.32. The Morgan fingerprint density at radius 3 is 3.00 bits per heavy atom. The van der Waals surface area contributed by atoms with Crippen LogP contribution in [-0.2, 0) is 0 Å². The van der Waals surface area contributed by atoms with Crippen LogP contribution >= 0.6 is 0 Å². The van der Waals surface area contributed by atoms with Gasteiger partial charge in [0.05, 0.1) is 12.2 Å². The second-order valence-corrected chi connectivity index (χ2v) is 4.81. The lowest BCUT2D eigenvalue weighted by molar-refractivity contribution is 0.0700. The van der Waals surface area contributed by atoms with E-state index >= 15 is 0 Å². The first-order valence-corrected chi connectivity index (χ1v) is 6.74. The summed E-state index contributed by atoms with van der Waals surface area (Å²) >= 11 is 0. The topological polar surface area (TPSA) is 89.2 Å². The lowest BCUT2D eigenvalue weighted by Crippen LogP contribution is -2.42. The number of nitriles is 1. The summed E-state index contributed by atoms with van der Waals surface area (Å²) in [6, 6.07) is 5.37. The summed E-state index contributed by atoms with van der Waals surface area (Å²) in [6.45, 7) is 1.76. The van der Waals surface area contributed by atoms with Crippen LogP contribution in [0.1, 0.15) is 28.9 Å². The molecule has 1 aliphatic rings. The molecule has 1 aromatic rings. The molecular weight excluding hydrogens is 256 g/mol. The molecule has 106 valence electrons. The van der Waals surface area contributed by atoms with Crippen LogP contribution in [0.4, 0.5) is 0 Å². The number of nitrogens with zero attached hydrogens (tertiary/aromatic N) is 3. The fourth-order valence-corrected chi connectivity index (χ4v) is 2.32. The highest BCUT2D eigenvalue weighted by Crippen LogP contribution is 2.10. The average Bonchev–Trinajstić information content (AvgIpc) is 2.99. The Kier molecular flexibility index (Phi) is 5.04. The highest BCUT2D eigenvalue weighted by molar-refractivity contribution is 5.92. The maximum atomic E-state index is 12.4. The molecule has 1 saturated heterocycles. The van der Waals surface area contributed by atoms with Gasteiger partial charge in [-0.1, -0.05) is 0 Å².